The predicted octanol–water partition coefficient (Wildman–Crippen LogP) is 1.69. The van der Waals surface area contributed by atoms with Crippen molar-refractivity contribution >= 4 is 12.0 Å². The first-order valence-corrected chi connectivity index (χ1v) is 5.41. The maximum atomic E-state index is 9.61. The summed E-state index contributed by atoms with van der Waals surface area (Å²) in [5.41, 5.74) is 1.71. The van der Waals surface area contributed by atoms with E-state index in [0.717, 1.165) is 31.9 Å². The number of benzene rings is 1. The second-order valence-corrected chi connectivity index (χ2v) is 3.89. The van der Waals surface area contributed by atoms with Crippen molar-refractivity contribution in [3.05, 3.63) is 23.8 Å². The van der Waals surface area contributed by atoms with Gasteiger partial charge in [0, 0.05) is 13.1 Å². The zero-order valence-electron chi connectivity index (χ0n) is 9.39. The molecule has 1 aromatic rings. The van der Waals surface area contributed by atoms with Crippen LogP contribution in [0.5, 0.6) is 5.75 Å². The van der Waals surface area contributed by atoms with E-state index in [4.69, 9.17) is 4.74 Å². The average molecular weight is 220 g/mol. The summed E-state index contributed by atoms with van der Waals surface area (Å²) in [6.45, 7) is 5.18. The van der Waals surface area contributed by atoms with Gasteiger partial charge in [-0.1, -0.05) is 6.07 Å². The van der Waals surface area contributed by atoms with E-state index in [9.17, 15) is 5.11 Å². The molecule has 0 atom stereocenters. The number of aryl methyl sites for hydroxylation is 1. The van der Waals surface area contributed by atoms with Crippen LogP contribution in [0.2, 0.25) is 0 Å². The monoisotopic (exact) mass is 220 g/mol. The number of morpholine rings is 1. The third-order valence-electron chi connectivity index (χ3n) is 2.54. The number of hydrogen-bond donors (Lipinski definition) is 1. The molecule has 1 saturated heterocycles. The third-order valence-corrected chi connectivity index (χ3v) is 2.54. The van der Waals surface area contributed by atoms with Crippen molar-refractivity contribution in [2.24, 2.45) is 4.99 Å². The van der Waals surface area contributed by atoms with Gasteiger partial charge in [-0.3, -0.25) is 0 Å². The van der Waals surface area contributed by atoms with Crippen LogP contribution in [0.4, 0.5) is 5.69 Å². The standard InChI is InChI=1S/C12H16N2O2/c1-10-2-3-12(15)11(8-10)13-9-14-4-6-16-7-5-14/h2-3,8-9,15H,4-7H2,1H3. The van der Waals surface area contributed by atoms with Gasteiger partial charge in [-0.05, 0) is 24.6 Å². The quantitative estimate of drug-likeness (QED) is 0.609. The summed E-state index contributed by atoms with van der Waals surface area (Å²) in [7, 11) is 0. The van der Waals surface area contributed by atoms with Crippen LogP contribution < -0.4 is 0 Å². The molecule has 1 heterocycles. The van der Waals surface area contributed by atoms with Gasteiger partial charge in [-0.15, -0.1) is 0 Å². The van der Waals surface area contributed by atoms with Gasteiger partial charge in [0.05, 0.1) is 19.6 Å². The minimum absolute atomic E-state index is 0.218. The van der Waals surface area contributed by atoms with Gasteiger partial charge >= 0.3 is 0 Å². The lowest BCUT2D eigenvalue weighted by atomic mass is 10.2. The molecule has 0 radical (unpaired) electrons. The Morgan fingerprint density at radius 1 is 1.38 bits per heavy atom. The van der Waals surface area contributed by atoms with Gasteiger partial charge in [0.25, 0.3) is 0 Å². The molecule has 1 aliphatic rings. The number of hydrogen-bond acceptors (Lipinski definition) is 3. The molecular weight excluding hydrogens is 204 g/mol. The molecule has 0 saturated carbocycles. The Labute approximate surface area is 95.2 Å². The third kappa shape index (κ3) is 2.73. The Morgan fingerprint density at radius 2 is 2.12 bits per heavy atom. The second kappa shape index (κ2) is 4.99. The van der Waals surface area contributed by atoms with Gasteiger partial charge in [0.2, 0.25) is 0 Å². The fourth-order valence-electron chi connectivity index (χ4n) is 1.57. The molecule has 4 heteroatoms. The van der Waals surface area contributed by atoms with E-state index in [1.54, 1.807) is 12.4 Å². The van der Waals surface area contributed by atoms with Crippen LogP contribution in [0.1, 0.15) is 5.56 Å². The molecular formula is C12H16N2O2. The Bertz CT molecular complexity index is 385. The Morgan fingerprint density at radius 3 is 2.88 bits per heavy atom. The van der Waals surface area contributed by atoms with E-state index in [0.29, 0.717) is 5.69 Å². The van der Waals surface area contributed by atoms with E-state index >= 15 is 0 Å². The first kappa shape index (κ1) is 11.0. The lowest BCUT2D eigenvalue weighted by molar-refractivity contribution is 0.0701. The topological polar surface area (TPSA) is 45.1 Å². The molecule has 0 bridgehead atoms. The zero-order valence-corrected chi connectivity index (χ0v) is 9.39. The zero-order chi connectivity index (χ0) is 11.4. The van der Waals surface area contributed by atoms with Crippen molar-refractivity contribution in [3.8, 4) is 5.75 Å². The molecule has 1 aromatic carbocycles. The lowest BCUT2D eigenvalue weighted by Crippen LogP contribution is -2.34. The molecule has 0 aromatic heterocycles. The maximum Gasteiger partial charge on any atom is 0.141 e. The largest absolute Gasteiger partial charge is 0.506 e. The van der Waals surface area contributed by atoms with E-state index in [1.165, 1.54) is 0 Å². The summed E-state index contributed by atoms with van der Waals surface area (Å²) in [4.78, 5) is 6.37. The Balaban J connectivity index is 2.07. The van der Waals surface area contributed by atoms with E-state index in [2.05, 4.69) is 9.89 Å². The fraction of sp³-hybridized carbons (Fsp3) is 0.417. The van der Waals surface area contributed by atoms with E-state index in [1.807, 2.05) is 19.1 Å². The van der Waals surface area contributed by atoms with Crippen molar-refractivity contribution < 1.29 is 9.84 Å². The van der Waals surface area contributed by atoms with E-state index < -0.39 is 0 Å². The smallest absolute Gasteiger partial charge is 0.141 e. The summed E-state index contributed by atoms with van der Waals surface area (Å²) in [5, 5.41) is 9.61. The van der Waals surface area contributed by atoms with Crippen LogP contribution in [0.15, 0.2) is 23.2 Å². The van der Waals surface area contributed by atoms with Gasteiger partial charge in [-0.2, -0.15) is 0 Å². The first-order valence-electron chi connectivity index (χ1n) is 5.41. The lowest BCUT2D eigenvalue weighted by Gasteiger charge is -2.24. The van der Waals surface area contributed by atoms with Crippen LogP contribution in [-0.2, 0) is 4.74 Å². The van der Waals surface area contributed by atoms with Crippen LogP contribution in [-0.4, -0.2) is 42.6 Å². The second-order valence-electron chi connectivity index (χ2n) is 3.89. The van der Waals surface area contributed by atoms with Gasteiger partial charge in [0.15, 0.2) is 0 Å². The fourth-order valence-corrected chi connectivity index (χ4v) is 1.57. The number of rotatable bonds is 2. The molecule has 1 fully saturated rings. The molecule has 1 N–H and O–H groups in total. The average Bonchev–Trinajstić information content (AvgIpc) is 2.32. The number of aliphatic imine (C=N–C) groups is 1. The maximum absolute atomic E-state index is 9.61. The van der Waals surface area contributed by atoms with E-state index in [-0.39, 0.29) is 5.75 Å². The summed E-state index contributed by atoms with van der Waals surface area (Å²) in [6.07, 6.45) is 1.77. The van der Waals surface area contributed by atoms with Crippen molar-refractivity contribution in [1.29, 1.82) is 0 Å². The van der Waals surface area contributed by atoms with Crippen LogP contribution in [0.3, 0.4) is 0 Å². The molecule has 1 aliphatic heterocycles. The number of aromatic hydroxyl groups is 1. The van der Waals surface area contributed by atoms with Crippen molar-refractivity contribution in [3.63, 3.8) is 0 Å². The van der Waals surface area contributed by atoms with Crippen molar-refractivity contribution in [2.45, 2.75) is 6.92 Å². The number of phenols is 1. The van der Waals surface area contributed by atoms with Gasteiger partial charge in [0.1, 0.15) is 11.4 Å². The Kier molecular flexibility index (Phi) is 3.41. The minimum Gasteiger partial charge on any atom is -0.506 e. The predicted molar refractivity (Wildman–Crippen MR) is 63.4 cm³/mol. The van der Waals surface area contributed by atoms with Gasteiger partial charge in [-0.25, -0.2) is 4.99 Å². The summed E-state index contributed by atoms with van der Waals surface area (Å²) >= 11 is 0. The highest BCUT2D eigenvalue weighted by molar-refractivity contribution is 5.65. The summed E-state index contributed by atoms with van der Waals surface area (Å²) in [5.74, 6) is 0.218. The van der Waals surface area contributed by atoms with Crippen molar-refractivity contribution in [1.82, 2.24) is 4.90 Å². The number of nitrogens with zero attached hydrogens (tertiary/aromatic N) is 2. The molecule has 0 spiro atoms. The van der Waals surface area contributed by atoms with Gasteiger partial charge < -0.3 is 14.7 Å². The molecule has 0 aliphatic carbocycles. The Hall–Kier alpha value is -1.55. The highest BCUT2D eigenvalue weighted by atomic mass is 16.5. The molecule has 0 unspecified atom stereocenters. The highest BCUT2D eigenvalue weighted by Crippen LogP contribution is 2.26. The first-order chi connectivity index (χ1) is 7.75. The van der Waals surface area contributed by atoms with Crippen LogP contribution >= 0.6 is 0 Å². The molecule has 86 valence electrons. The normalized spacial score (nSPS) is 16.9. The van der Waals surface area contributed by atoms with Crippen molar-refractivity contribution in [2.75, 3.05) is 26.3 Å². The minimum atomic E-state index is 0.218. The van der Waals surface area contributed by atoms with Crippen LogP contribution in [0.25, 0.3) is 0 Å². The highest BCUT2D eigenvalue weighted by Gasteiger charge is 2.06. The number of ether oxygens (including phenoxy) is 1. The molecule has 2 rings (SSSR count). The molecule has 4 nitrogen and oxygen atoms in total. The number of phenolic OH excluding ortho intramolecular Hbond substituents is 1. The summed E-state index contributed by atoms with van der Waals surface area (Å²) < 4.78 is 5.24. The molecule has 0 amide bonds. The summed E-state index contributed by atoms with van der Waals surface area (Å²) in [6, 6.07) is 5.40. The van der Waals surface area contributed by atoms with Crippen LogP contribution in [0, 0.1) is 6.92 Å². The molecule has 16 heavy (non-hydrogen) atoms. The SMILES string of the molecule is Cc1ccc(O)c(N=CN2CCOCC2)c1.